The van der Waals surface area contributed by atoms with Gasteiger partial charge in [0, 0.05) is 24.7 Å². The summed E-state index contributed by atoms with van der Waals surface area (Å²) in [5.41, 5.74) is 1.11. The molecule has 0 amide bonds. The molecule has 1 aromatic rings. The zero-order chi connectivity index (χ0) is 14.0. The van der Waals surface area contributed by atoms with E-state index in [9.17, 15) is 0 Å². The third-order valence-corrected chi connectivity index (χ3v) is 5.41. The maximum Gasteiger partial charge on any atom is 0.161 e. The molecule has 3 rings (SSSR count). The Morgan fingerprint density at radius 3 is 2.90 bits per heavy atom. The van der Waals surface area contributed by atoms with Gasteiger partial charge in [-0.3, -0.25) is 4.99 Å². The monoisotopic (exact) mass is 356 g/mol. The third kappa shape index (κ3) is 2.97. The van der Waals surface area contributed by atoms with Crippen molar-refractivity contribution >= 4 is 38.5 Å². The van der Waals surface area contributed by atoms with Crippen molar-refractivity contribution in [2.75, 3.05) is 31.4 Å². The van der Waals surface area contributed by atoms with Crippen molar-refractivity contribution in [2.45, 2.75) is 18.4 Å². The Balaban J connectivity index is 1.72. The summed E-state index contributed by atoms with van der Waals surface area (Å²) in [6, 6.07) is 5.95. The van der Waals surface area contributed by atoms with Crippen LogP contribution in [0.2, 0.25) is 0 Å². The molecule has 0 aliphatic carbocycles. The van der Waals surface area contributed by atoms with Crippen molar-refractivity contribution in [3.8, 4) is 5.75 Å². The Morgan fingerprint density at radius 2 is 2.20 bits per heavy atom. The van der Waals surface area contributed by atoms with Crippen LogP contribution in [-0.2, 0) is 4.74 Å². The van der Waals surface area contributed by atoms with Crippen molar-refractivity contribution in [3.05, 3.63) is 22.7 Å². The summed E-state index contributed by atoms with van der Waals surface area (Å²) in [7, 11) is 1.67. The van der Waals surface area contributed by atoms with Gasteiger partial charge in [0.25, 0.3) is 0 Å². The van der Waals surface area contributed by atoms with E-state index in [-0.39, 0.29) is 5.54 Å². The van der Waals surface area contributed by atoms with Crippen LogP contribution in [0.1, 0.15) is 12.8 Å². The maximum absolute atomic E-state index is 5.43. The summed E-state index contributed by atoms with van der Waals surface area (Å²) in [5, 5.41) is 4.39. The molecule has 1 aromatic carbocycles. The lowest BCUT2D eigenvalue weighted by Crippen LogP contribution is -2.34. The Morgan fingerprint density at radius 1 is 1.40 bits per heavy atom. The number of anilines is 1. The van der Waals surface area contributed by atoms with Gasteiger partial charge in [0.2, 0.25) is 0 Å². The summed E-state index contributed by atoms with van der Waals surface area (Å²) in [4.78, 5) is 4.89. The van der Waals surface area contributed by atoms with E-state index in [0.717, 1.165) is 52.9 Å². The van der Waals surface area contributed by atoms with Crippen molar-refractivity contribution in [1.82, 2.24) is 0 Å². The van der Waals surface area contributed by atoms with Gasteiger partial charge in [0.15, 0.2) is 5.17 Å². The number of benzene rings is 1. The molecule has 6 heteroatoms. The standard InChI is InChI=1S/C14H17BrN2O2S/c1-18-12-3-2-10(8-11(12)15)16-13-17-14(9-20-13)4-6-19-7-5-14/h2-3,8H,4-7,9H2,1H3,(H,16,17). The Labute approximate surface area is 131 Å². The number of amidine groups is 1. The van der Waals surface area contributed by atoms with E-state index in [1.165, 1.54) is 0 Å². The van der Waals surface area contributed by atoms with Crippen LogP contribution in [0.4, 0.5) is 5.69 Å². The average molecular weight is 357 g/mol. The van der Waals surface area contributed by atoms with Crippen LogP contribution in [0.3, 0.4) is 0 Å². The first-order valence-electron chi connectivity index (χ1n) is 6.62. The van der Waals surface area contributed by atoms with E-state index >= 15 is 0 Å². The molecular formula is C14H17BrN2O2S. The average Bonchev–Trinajstić information content (AvgIpc) is 2.82. The molecule has 2 heterocycles. The number of rotatable bonds is 2. The largest absolute Gasteiger partial charge is 0.496 e. The van der Waals surface area contributed by atoms with Crippen LogP contribution < -0.4 is 10.1 Å². The number of halogens is 1. The topological polar surface area (TPSA) is 42.8 Å². The van der Waals surface area contributed by atoms with Gasteiger partial charge >= 0.3 is 0 Å². The first-order valence-corrected chi connectivity index (χ1v) is 8.40. The lowest BCUT2D eigenvalue weighted by molar-refractivity contribution is 0.0624. The molecule has 1 saturated heterocycles. The molecule has 1 fully saturated rings. The second-order valence-corrected chi connectivity index (χ2v) is 6.84. The summed E-state index contributed by atoms with van der Waals surface area (Å²) in [5.74, 6) is 1.88. The lowest BCUT2D eigenvalue weighted by atomic mass is 9.93. The first kappa shape index (κ1) is 14.2. The highest BCUT2D eigenvalue weighted by Gasteiger charge is 2.37. The molecule has 0 saturated carbocycles. The van der Waals surface area contributed by atoms with E-state index < -0.39 is 0 Å². The molecule has 1 spiro atoms. The van der Waals surface area contributed by atoms with Crippen LogP contribution >= 0.6 is 27.7 Å². The van der Waals surface area contributed by atoms with Gasteiger partial charge in [0.05, 0.1) is 17.1 Å². The number of methoxy groups -OCH3 is 1. The molecule has 0 atom stereocenters. The predicted molar refractivity (Wildman–Crippen MR) is 87.0 cm³/mol. The van der Waals surface area contributed by atoms with Crippen LogP contribution in [0.15, 0.2) is 27.7 Å². The summed E-state index contributed by atoms with van der Waals surface area (Å²) in [6.07, 6.45) is 2.05. The highest BCUT2D eigenvalue weighted by atomic mass is 79.9. The zero-order valence-corrected chi connectivity index (χ0v) is 13.7. The molecule has 1 N–H and O–H groups in total. The normalized spacial score (nSPS) is 20.8. The van der Waals surface area contributed by atoms with Crippen LogP contribution in [0, 0.1) is 0 Å². The summed E-state index contributed by atoms with van der Waals surface area (Å²) in [6.45, 7) is 1.65. The molecule has 0 bridgehead atoms. The Bertz CT molecular complexity index is 530. The van der Waals surface area contributed by atoms with E-state index in [1.807, 2.05) is 18.2 Å². The van der Waals surface area contributed by atoms with Crippen molar-refractivity contribution < 1.29 is 9.47 Å². The Kier molecular flexibility index (Phi) is 4.23. The number of hydrogen-bond donors (Lipinski definition) is 1. The summed E-state index contributed by atoms with van der Waals surface area (Å²) < 4.78 is 11.6. The van der Waals surface area contributed by atoms with Gasteiger partial charge in [-0.05, 0) is 47.0 Å². The molecular weight excluding hydrogens is 340 g/mol. The third-order valence-electron chi connectivity index (χ3n) is 3.64. The zero-order valence-electron chi connectivity index (χ0n) is 11.3. The van der Waals surface area contributed by atoms with Crippen LogP contribution in [0.5, 0.6) is 5.75 Å². The van der Waals surface area contributed by atoms with E-state index in [4.69, 9.17) is 14.5 Å². The van der Waals surface area contributed by atoms with Crippen molar-refractivity contribution in [1.29, 1.82) is 0 Å². The van der Waals surface area contributed by atoms with E-state index in [2.05, 4.69) is 21.2 Å². The lowest BCUT2D eigenvalue weighted by Gasteiger charge is -2.29. The quantitative estimate of drug-likeness (QED) is 0.880. The van der Waals surface area contributed by atoms with Gasteiger partial charge in [-0.1, -0.05) is 11.8 Å². The van der Waals surface area contributed by atoms with E-state index in [1.54, 1.807) is 18.9 Å². The number of thioether (sulfide) groups is 1. The van der Waals surface area contributed by atoms with Crippen molar-refractivity contribution in [2.24, 2.45) is 4.99 Å². The fourth-order valence-electron chi connectivity index (χ4n) is 2.42. The van der Waals surface area contributed by atoms with Crippen LogP contribution in [-0.4, -0.2) is 36.8 Å². The van der Waals surface area contributed by atoms with Gasteiger partial charge in [-0.15, -0.1) is 0 Å². The maximum atomic E-state index is 5.43. The van der Waals surface area contributed by atoms with Gasteiger partial charge < -0.3 is 14.8 Å². The van der Waals surface area contributed by atoms with Crippen molar-refractivity contribution in [3.63, 3.8) is 0 Å². The second kappa shape index (κ2) is 5.95. The molecule has 20 heavy (non-hydrogen) atoms. The number of ether oxygens (including phenoxy) is 2. The Hall–Kier alpha value is -0.720. The molecule has 0 unspecified atom stereocenters. The fourth-order valence-corrected chi connectivity index (χ4v) is 4.17. The van der Waals surface area contributed by atoms with E-state index in [0.29, 0.717) is 0 Å². The van der Waals surface area contributed by atoms with Crippen LogP contribution in [0.25, 0.3) is 0 Å². The summed E-state index contributed by atoms with van der Waals surface area (Å²) >= 11 is 5.29. The first-order chi connectivity index (χ1) is 9.71. The minimum Gasteiger partial charge on any atom is -0.496 e. The minimum absolute atomic E-state index is 0.0922. The van der Waals surface area contributed by atoms with Gasteiger partial charge in [-0.2, -0.15) is 0 Å². The SMILES string of the molecule is COc1ccc(NC2=NC3(CCOCC3)CS2)cc1Br. The minimum atomic E-state index is 0.0922. The smallest absolute Gasteiger partial charge is 0.161 e. The fraction of sp³-hybridized carbons (Fsp3) is 0.500. The molecule has 108 valence electrons. The number of aliphatic imine (C=N–C) groups is 1. The molecule has 0 radical (unpaired) electrons. The molecule has 0 aromatic heterocycles. The highest BCUT2D eigenvalue weighted by Crippen LogP contribution is 2.36. The second-order valence-electron chi connectivity index (χ2n) is 5.02. The number of nitrogens with one attached hydrogen (secondary N) is 1. The molecule has 2 aliphatic heterocycles. The highest BCUT2D eigenvalue weighted by molar-refractivity contribution is 9.10. The molecule has 2 aliphatic rings. The van der Waals surface area contributed by atoms with Gasteiger partial charge in [-0.25, -0.2) is 0 Å². The predicted octanol–water partition coefficient (Wildman–Crippen LogP) is 3.52. The van der Waals surface area contributed by atoms with Gasteiger partial charge in [0.1, 0.15) is 5.75 Å². The number of hydrogen-bond acceptors (Lipinski definition) is 5. The number of nitrogens with zero attached hydrogens (tertiary/aromatic N) is 1. The molecule has 4 nitrogen and oxygen atoms in total.